The lowest BCUT2D eigenvalue weighted by atomic mass is 9.91. The minimum atomic E-state index is -0.400. The zero-order valence-electron chi connectivity index (χ0n) is 19.4. The van der Waals surface area contributed by atoms with Crippen molar-refractivity contribution in [2.45, 2.75) is 57.5 Å². The molecule has 7 heteroatoms. The molecular formula is C25H35FN2O4. The van der Waals surface area contributed by atoms with Crippen LogP contribution >= 0.6 is 0 Å². The predicted molar refractivity (Wildman–Crippen MR) is 119 cm³/mol. The van der Waals surface area contributed by atoms with Gasteiger partial charge in [-0.3, -0.25) is 4.79 Å². The van der Waals surface area contributed by atoms with Gasteiger partial charge >= 0.3 is 6.09 Å². The molecule has 4 rings (SSSR count). The highest BCUT2D eigenvalue weighted by Crippen LogP contribution is 2.50. The lowest BCUT2D eigenvalue weighted by Gasteiger charge is -2.32. The predicted octanol–water partition coefficient (Wildman–Crippen LogP) is 4.26. The van der Waals surface area contributed by atoms with Gasteiger partial charge in [-0.25, -0.2) is 9.18 Å². The summed E-state index contributed by atoms with van der Waals surface area (Å²) in [7, 11) is 3.32. The van der Waals surface area contributed by atoms with Gasteiger partial charge in [0.1, 0.15) is 17.2 Å². The normalized spacial score (nSPS) is 24.1. The van der Waals surface area contributed by atoms with Gasteiger partial charge in [-0.2, -0.15) is 0 Å². The molecule has 0 bridgehead atoms. The fourth-order valence-corrected chi connectivity index (χ4v) is 4.65. The van der Waals surface area contributed by atoms with E-state index in [4.69, 9.17) is 9.47 Å². The first kappa shape index (κ1) is 22.9. The topological polar surface area (TPSA) is 59.1 Å². The average Bonchev–Trinajstić information content (AvgIpc) is 3.68. The fourth-order valence-electron chi connectivity index (χ4n) is 4.65. The number of likely N-dealkylation sites (tertiary alicyclic amines) is 1. The summed E-state index contributed by atoms with van der Waals surface area (Å²) >= 11 is 0. The van der Waals surface area contributed by atoms with Crippen LogP contribution in [0.3, 0.4) is 0 Å². The minimum absolute atomic E-state index is 0.0543. The molecule has 176 valence electrons. The van der Waals surface area contributed by atoms with Crippen LogP contribution in [-0.2, 0) is 16.0 Å². The highest BCUT2D eigenvalue weighted by Gasteiger charge is 2.45. The second-order valence-electron chi connectivity index (χ2n) is 10.2. The Morgan fingerprint density at radius 1 is 1.22 bits per heavy atom. The van der Waals surface area contributed by atoms with Gasteiger partial charge in [0.05, 0.1) is 13.0 Å². The monoisotopic (exact) mass is 446 g/mol. The third-order valence-electron chi connectivity index (χ3n) is 7.29. The van der Waals surface area contributed by atoms with Crippen molar-refractivity contribution < 1.29 is 23.5 Å². The number of hydrogen-bond donors (Lipinski definition) is 0. The molecule has 0 radical (unpaired) electrons. The first-order valence-corrected chi connectivity index (χ1v) is 11.8. The van der Waals surface area contributed by atoms with Crippen LogP contribution in [0.15, 0.2) is 18.2 Å². The number of nitrogens with zero attached hydrogens (tertiary/aromatic N) is 2. The van der Waals surface area contributed by atoms with Gasteiger partial charge in [0.15, 0.2) is 0 Å². The number of likely N-dealkylation sites (N-methyl/N-ethyl adjacent to an activating group) is 1. The molecule has 1 saturated heterocycles. The van der Waals surface area contributed by atoms with Crippen LogP contribution in [0, 0.1) is 23.6 Å². The maximum atomic E-state index is 14.3. The summed E-state index contributed by atoms with van der Waals surface area (Å²) in [6.07, 6.45) is 6.15. The summed E-state index contributed by atoms with van der Waals surface area (Å²) in [6, 6.07) is 4.75. The summed E-state index contributed by atoms with van der Waals surface area (Å²) in [5, 5.41) is 0. The van der Waals surface area contributed by atoms with E-state index < -0.39 is 5.82 Å². The maximum absolute atomic E-state index is 14.3. The van der Waals surface area contributed by atoms with Gasteiger partial charge in [0, 0.05) is 33.3 Å². The van der Waals surface area contributed by atoms with E-state index in [0.717, 1.165) is 45.2 Å². The van der Waals surface area contributed by atoms with E-state index in [-0.39, 0.29) is 24.0 Å². The summed E-state index contributed by atoms with van der Waals surface area (Å²) in [5.74, 6) is 2.03. The summed E-state index contributed by atoms with van der Waals surface area (Å²) < 4.78 is 25.6. The van der Waals surface area contributed by atoms with Crippen LogP contribution in [-0.4, -0.2) is 61.2 Å². The Hall–Kier alpha value is -2.31. The first-order valence-electron chi connectivity index (χ1n) is 11.8. The third kappa shape index (κ3) is 5.73. The highest BCUT2D eigenvalue weighted by atomic mass is 19.1. The number of carbonyl (C=O) groups excluding carboxylic acids is 2. The van der Waals surface area contributed by atoms with E-state index >= 15 is 0 Å². The van der Waals surface area contributed by atoms with Crippen molar-refractivity contribution in [1.29, 1.82) is 0 Å². The molecule has 1 heterocycles. The Labute approximate surface area is 190 Å². The summed E-state index contributed by atoms with van der Waals surface area (Å²) in [5.41, 5.74) is 0.183. The Bertz CT molecular complexity index is 846. The molecular weight excluding hydrogens is 411 g/mol. The van der Waals surface area contributed by atoms with Gasteiger partial charge in [0.25, 0.3) is 0 Å². The number of hydrogen-bond acceptors (Lipinski definition) is 4. The van der Waals surface area contributed by atoms with E-state index in [2.05, 4.69) is 0 Å². The van der Waals surface area contributed by atoms with Gasteiger partial charge in [-0.15, -0.1) is 0 Å². The number of rotatable bonds is 8. The Balaban J connectivity index is 1.14. The molecule has 1 aromatic carbocycles. The molecule has 2 amide bonds. The Morgan fingerprint density at radius 2 is 1.94 bits per heavy atom. The second kappa shape index (κ2) is 9.28. The molecule has 0 unspecified atom stereocenters. The maximum Gasteiger partial charge on any atom is 0.410 e. The largest absolute Gasteiger partial charge is 0.493 e. The molecule has 2 atom stereocenters. The van der Waals surface area contributed by atoms with Crippen molar-refractivity contribution >= 4 is 12.0 Å². The smallest absolute Gasteiger partial charge is 0.410 e. The highest BCUT2D eigenvalue weighted by molar-refractivity contribution is 5.78. The number of carbonyl (C=O) groups is 2. The Kier molecular flexibility index (Phi) is 6.63. The van der Waals surface area contributed by atoms with Crippen LogP contribution < -0.4 is 4.74 Å². The zero-order valence-corrected chi connectivity index (χ0v) is 19.4. The summed E-state index contributed by atoms with van der Waals surface area (Å²) in [6.45, 7) is 4.16. The van der Waals surface area contributed by atoms with Crippen molar-refractivity contribution in [3.05, 3.63) is 29.6 Å². The Morgan fingerprint density at radius 3 is 2.56 bits per heavy atom. The van der Waals surface area contributed by atoms with Crippen molar-refractivity contribution in [2.24, 2.45) is 17.8 Å². The first-order chi connectivity index (χ1) is 15.2. The molecule has 0 spiro atoms. The van der Waals surface area contributed by atoms with Crippen molar-refractivity contribution in [1.82, 2.24) is 9.80 Å². The van der Waals surface area contributed by atoms with Crippen LogP contribution in [0.4, 0.5) is 9.18 Å². The molecule has 3 aliphatic rings. The quantitative estimate of drug-likeness (QED) is 0.599. The van der Waals surface area contributed by atoms with Crippen LogP contribution in [0.2, 0.25) is 0 Å². The molecule has 1 aliphatic heterocycles. The number of benzene rings is 1. The van der Waals surface area contributed by atoms with E-state index in [1.807, 2.05) is 11.8 Å². The zero-order chi connectivity index (χ0) is 22.9. The van der Waals surface area contributed by atoms with Crippen LogP contribution in [0.1, 0.15) is 51.0 Å². The van der Waals surface area contributed by atoms with Gasteiger partial charge < -0.3 is 19.3 Å². The van der Waals surface area contributed by atoms with Crippen molar-refractivity contribution in [3.8, 4) is 5.75 Å². The van der Waals surface area contributed by atoms with Crippen molar-refractivity contribution in [3.63, 3.8) is 0 Å². The third-order valence-corrected chi connectivity index (χ3v) is 7.29. The van der Waals surface area contributed by atoms with Crippen molar-refractivity contribution in [2.75, 3.05) is 33.8 Å². The molecule has 0 N–H and O–H groups in total. The van der Waals surface area contributed by atoms with E-state index in [9.17, 15) is 14.0 Å². The van der Waals surface area contributed by atoms with E-state index in [1.54, 1.807) is 26.2 Å². The molecule has 2 aliphatic carbocycles. The van der Waals surface area contributed by atoms with Crippen LogP contribution in [0.25, 0.3) is 0 Å². The SMILES string of the molecule is CN(C)C(=O)Cc1ccc(OCC[C@H]2C[C@@H]2C2CCN(C(=O)OC3(C)CC3)CC2)cc1F. The summed E-state index contributed by atoms with van der Waals surface area (Å²) in [4.78, 5) is 27.4. The molecule has 3 fully saturated rings. The van der Waals surface area contributed by atoms with Gasteiger partial charge in [0.2, 0.25) is 5.91 Å². The minimum Gasteiger partial charge on any atom is -0.493 e. The lowest BCUT2D eigenvalue weighted by Crippen LogP contribution is -2.40. The van der Waals surface area contributed by atoms with Gasteiger partial charge in [-0.05, 0) is 74.8 Å². The number of piperidine rings is 1. The average molecular weight is 447 g/mol. The van der Waals surface area contributed by atoms with E-state index in [0.29, 0.717) is 35.7 Å². The molecule has 0 aromatic heterocycles. The number of halogens is 1. The molecule has 1 aromatic rings. The molecule has 2 saturated carbocycles. The number of ether oxygens (including phenoxy) is 2. The molecule has 6 nitrogen and oxygen atoms in total. The van der Waals surface area contributed by atoms with Crippen LogP contribution in [0.5, 0.6) is 5.75 Å². The van der Waals surface area contributed by atoms with Gasteiger partial charge in [-0.1, -0.05) is 6.07 Å². The second-order valence-corrected chi connectivity index (χ2v) is 10.2. The van der Waals surface area contributed by atoms with E-state index in [1.165, 1.54) is 17.4 Å². The standard InChI is InChI=1S/C25H35FN2O4/c1-25(9-10-25)32-24(30)28-11-6-17(7-12-28)21-14-18(21)8-13-31-20-5-4-19(22(26)16-20)15-23(29)27(2)3/h4-5,16-18,21H,6-15H2,1-3H3/t18-,21+/m0/s1. The molecule has 32 heavy (non-hydrogen) atoms. The number of amides is 2. The lowest BCUT2D eigenvalue weighted by molar-refractivity contribution is -0.128. The fraction of sp³-hybridized carbons (Fsp3) is 0.680.